The Bertz CT molecular complexity index is 423. The number of nitrogens with one attached hydrogen (secondary N) is 1. The van der Waals surface area contributed by atoms with Crippen LogP contribution in [-0.2, 0) is 4.79 Å². The van der Waals surface area contributed by atoms with Crippen molar-refractivity contribution in [2.45, 2.75) is 33.7 Å². The predicted molar refractivity (Wildman–Crippen MR) is 67.8 cm³/mol. The fourth-order valence-corrected chi connectivity index (χ4v) is 1.41. The molecule has 0 radical (unpaired) electrons. The van der Waals surface area contributed by atoms with Gasteiger partial charge in [0, 0.05) is 12.1 Å². The maximum absolute atomic E-state index is 10.9. The van der Waals surface area contributed by atoms with Crippen molar-refractivity contribution in [3.63, 3.8) is 0 Å². The number of ether oxygens (including phenoxy) is 1. The van der Waals surface area contributed by atoms with Crippen molar-refractivity contribution in [3.8, 4) is 5.88 Å². The third-order valence-corrected chi connectivity index (χ3v) is 2.62. The van der Waals surface area contributed by atoms with Crippen LogP contribution in [0, 0.1) is 12.8 Å². The van der Waals surface area contributed by atoms with Gasteiger partial charge in [0.1, 0.15) is 11.6 Å². The van der Waals surface area contributed by atoms with Gasteiger partial charge in [0.15, 0.2) is 0 Å². The van der Waals surface area contributed by atoms with Gasteiger partial charge in [0.2, 0.25) is 5.88 Å². The summed E-state index contributed by atoms with van der Waals surface area (Å²) >= 11 is 0. The smallest absolute Gasteiger partial charge is 0.308 e. The number of anilines is 1. The number of hydrogen-bond acceptors (Lipinski definition) is 5. The molecule has 0 aromatic carbocycles. The molecule has 0 spiro atoms. The molecule has 2 atom stereocenters. The molecule has 0 amide bonds. The summed E-state index contributed by atoms with van der Waals surface area (Å²) in [5.74, 6) is 0.300. The lowest BCUT2D eigenvalue weighted by Crippen LogP contribution is -2.30. The van der Waals surface area contributed by atoms with Crippen LogP contribution in [0.15, 0.2) is 6.07 Å². The second-order valence-corrected chi connectivity index (χ2v) is 4.13. The van der Waals surface area contributed by atoms with E-state index in [1.54, 1.807) is 26.8 Å². The maximum atomic E-state index is 10.9. The van der Waals surface area contributed by atoms with Crippen LogP contribution in [0.4, 0.5) is 5.82 Å². The van der Waals surface area contributed by atoms with Crippen LogP contribution in [0.5, 0.6) is 5.88 Å². The van der Waals surface area contributed by atoms with Crippen LogP contribution in [0.3, 0.4) is 0 Å². The van der Waals surface area contributed by atoms with E-state index in [9.17, 15) is 4.79 Å². The van der Waals surface area contributed by atoms with E-state index in [0.29, 0.717) is 24.1 Å². The molecule has 18 heavy (non-hydrogen) atoms. The lowest BCUT2D eigenvalue weighted by atomic mass is 10.0. The topological polar surface area (TPSA) is 84.3 Å². The second kappa shape index (κ2) is 6.18. The van der Waals surface area contributed by atoms with Gasteiger partial charge < -0.3 is 15.2 Å². The van der Waals surface area contributed by atoms with Gasteiger partial charge in [-0.2, -0.15) is 4.98 Å². The van der Waals surface area contributed by atoms with Gasteiger partial charge in [0.25, 0.3) is 0 Å². The average Bonchev–Trinajstić information content (AvgIpc) is 2.27. The number of carboxylic acid groups (broad SMARTS) is 1. The first-order valence-corrected chi connectivity index (χ1v) is 5.91. The van der Waals surface area contributed by atoms with E-state index in [0.717, 1.165) is 0 Å². The lowest BCUT2D eigenvalue weighted by molar-refractivity contribution is -0.141. The second-order valence-electron chi connectivity index (χ2n) is 4.13. The number of carbonyl (C=O) groups is 1. The third kappa shape index (κ3) is 3.87. The quantitative estimate of drug-likeness (QED) is 0.802. The van der Waals surface area contributed by atoms with Crippen molar-refractivity contribution in [1.29, 1.82) is 0 Å². The molecule has 0 aliphatic carbocycles. The molecule has 0 aliphatic heterocycles. The molecule has 6 nitrogen and oxygen atoms in total. The van der Waals surface area contributed by atoms with Crippen molar-refractivity contribution in [3.05, 3.63) is 11.9 Å². The van der Waals surface area contributed by atoms with Crippen LogP contribution in [0.25, 0.3) is 0 Å². The van der Waals surface area contributed by atoms with E-state index in [1.165, 1.54) is 0 Å². The molecule has 1 heterocycles. The molecule has 0 aliphatic rings. The van der Waals surface area contributed by atoms with Gasteiger partial charge in [0.05, 0.1) is 12.5 Å². The first kappa shape index (κ1) is 14.2. The molecular weight excluding hydrogens is 234 g/mol. The number of nitrogens with zero attached hydrogens (tertiary/aromatic N) is 2. The molecule has 2 N–H and O–H groups in total. The molecule has 2 unspecified atom stereocenters. The molecule has 1 aromatic heterocycles. The van der Waals surface area contributed by atoms with Gasteiger partial charge in [-0.15, -0.1) is 0 Å². The standard InChI is InChI=1S/C12H19N3O3/c1-5-18-11-6-10(14-9(4)15-11)13-8(3)7(2)12(16)17/h6-8H,5H2,1-4H3,(H,16,17)(H,13,14,15). The third-order valence-electron chi connectivity index (χ3n) is 2.62. The molecule has 1 rings (SSSR count). The van der Waals surface area contributed by atoms with Gasteiger partial charge in [-0.25, -0.2) is 4.98 Å². The van der Waals surface area contributed by atoms with Gasteiger partial charge in [-0.1, -0.05) is 0 Å². The van der Waals surface area contributed by atoms with Crippen molar-refractivity contribution in [2.75, 3.05) is 11.9 Å². The number of aromatic nitrogens is 2. The normalized spacial score (nSPS) is 13.8. The highest BCUT2D eigenvalue weighted by Gasteiger charge is 2.19. The van der Waals surface area contributed by atoms with E-state index < -0.39 is 11.9 Å². The van der Waals surface area contributed by atoms with Crippen molar-refractivity contribution in [1.82, 2.24) is 9.97 Å². The summed E-state index contributed by atoms with van der Waals surface area (Å²) in [6, 6.07) is 1.44. The zero-order valence-corrected chi connectivity index (χ0v) is 11.1. The summed E-state index contributed by atoms with van der Waals surface area (Å²) in [5, 5.41) is 12.0. The molecule has 100 valence electrons. The Morgan fingerprint density at radius 2 is 2.17 bits per heavy atom. The minimum Gasteiger partial charge on any atom is -0.481 e. The van der Waals surface area contributed by atoms with Gasteiger partial charge in [-0.05, 0) is 27.7 Å². The molecule has 6 heteroatoms. The van der Waals surface area contributed by atoms with Gasteiger partial charge >= 0.3 is 5.97 Å². The first-order valence-electron chi connectivity index (χ1n) is 5.91. The van der Waals surface area contributed by atoms with Crippen LogP contribution in [-0.4, -0.2) is 33.7 Å². The average molecular weight is 253 g/mol. The number of aryl methyl sites for hydroxylation is 1. The Hall–Kier alpha value is -1.85. The Morgan fingerprint density at radius 1 is 1.50 bits per heavy atom. The van der Waals surface area contributed by atoms with E-state index >= 15 is 0 Å². The summed E-state index contributed by atoms with van der Waals surface area (Å²) in [4.78, 5) is 19.2. The molecular formula is C12H19N3O3. The fourth-order valence-electron chi connectivity index (χ4n) is 1.41. The van der Waals surface area contributed by atoms with Crippen molar-refractivity contribution >= 4 is 11.8 Å². The first-order chi connectivity index (χ1) is 8.43. The summed E-state index contributed by atoms with van der Waals surface area (Å²) in [5.41, 5.74) is 0. The zero-order chi connectivity index (χ0) is 13.7. The molecule has 0 fully saturated rings. The van der Waals surface area contributed by atoms with E-state index in [-0.39, 0.29) is 6.04 Å². The highest BCUT2D eigenvalue weighted by molar-refractivity contribution is 5.71. The summed E-state index contributed by atoms with van der Waals surface area (Å²) in [6.07, 6.45) is 0. The van der Waals surface area contributed by atoms with Gasteiger partial charge in [-0.3, -0.25) is 4.79 Å². The number of carboxylic acids is 1. The van der Waals surface area contributed by atoms with Crippen molar-refractivity contribution in [2.24, 2.45) is 5.92 Å². The zero-order valence-electron chi connectivity index (χ0n) is 11.1. The predicted octanol–water partition coefficient (Wildman–Crippen LogP) is 1.70. The Kier molecular flexibility index (Phi) is 4.88. The highest BCUT2D eigenvalue weighted by Crippen LogP contribution is 2.16. The van der Waals surface area contributed by atoms with Crippen molar-refractivity contribution < 1.29 is 14.6 Å². The SMILES string of the molecule is CCOc1cc(NC(C)C(C)C(=O)O)nc(C)n1. The lowest BCUT2D eigenvalue weighted by Gasteiger charge is -2.18. The Morgan fingerprint density at radius 3 is 2.72 bits per heavy atom. The minimum atomic E-state index is -0.842. The number of hydrogen-bond donors (Lipinski definition) is 2. The van der Waals surface area contributed by atoms with E-state index in [2.05, 4.69) is 15.3 Å². The summed E-state index contributed by atoms with van der Waals surface area (Å²) < 4.78 is 5.31. The largest absolute Gasteiger partial charge is 0.481 e. The molecule has 0 bridgehead atoms. The summed E-state index contributed by atoms with van der Waals surface area (Å²) in [6.45, 7) is 7.61. The monoisotopic (exact) mass is 253 g/mol. The Labute approximate surface area is 106 Å². The van der Waals surface area contributed by atoms with Crippen LogP contribution in [0.1, 0.15) is 26.6 Å². The van der Waals surface area contributed by atoms with Crippen LogP contribution >= 0.6 is 0 Å². The summed E-state index contributed by atoms with van der Waals surface area (Å²) in [7, 11) is 0. The molecule has 0 saturated heterocycles. The maximum Gasteiger partial charge on any atom is 0.308 e. The minimum absolute atomic E-state index is 0.230. The molecule has 0 saturated carbocycles. The molecule has 1 aromatic rings. The van der Waals surface area contributed by atoms with E-state index in [1.807, 2.05) is 6.92 Å². The highest BCUT2D eigenvalue weighted by atomic mass is 16.5. The number of aliphatic carboxylic acids is 1. The van der Waals surface area contributed by atoms with Crippen LogP contribution in [0.2, 0.25) is 0 Å². The van der Waals surface area contributed by atoms with E-state index in [4.69, 9.17) is 9.84 Å². The Balaban J connectivity index is 2.80. The fraction of sp³-hybridized carbons (Fsp3) is 0.583. The van der Waals surface area contributed by atoms with Crippen LogP contribution < -0.4 is 10.1 Å². The number of rotatable bonds is 6.